The molecule has 3 heterocycles. The Morgan fingerprint density at radius 2 is 2.16 bits per heavy atom. The molecule has 7 heteroatoms. The SMILES string of the molecule is Cl.[2H]C1([2H])NC([2H])([2H])C([2H])([2H])N(c2ncnc3c2C(C)CC(=O)N3)C1([2H])[2H]. The van der Waals surface area contributed by atoms with Crippen LogP contribution in [0.25, 0.3) is 0 Å². The molecule has 1 atom stereocenters. The molecule has 1 fully saturated rings. The molecule has 0 bridgehead atoms. The molecule has 104 valence electrons. The van der Waals surface area contributed by atoms with E-state index in [1.807, 2.05) is 0 Å². The molecule has 0 saturated carbocycles. The summed E-state index contributed by atoms with van der Waals surface area (Å²) in [5.74, 6) is -1.03. The first-order valence-corrected chi connectivity index (χ1v) is 5.47. The molecule has 1 aromatic heterocycles. The van der Waals surface area contributed by atoms with Crippen LogP contribution in [0.2, 0.25) is 0 Å². The van der Waals surface area contributed by atoms with Gasteiger partial charge in [-0.3, -0.25) is 4.79 Å². The monoisotopic (exact) mass is 291 g/mol. The van der Waals surface area contributed by atoms with Crippen LogP contribution in [0.1, 0.15) is 35.8 Å². The number of carbonyl (C=O) groups excluding carboxylic acids is 1. The van der Waals surface area contributed by atoms with Crippen LogP contribution in [0, 0.1) is 0 Å². The lowest BCUT2D eigenvalue weighted by molar-refractivity contribution is -0.116. The Kier molecular flexibility index (Phi) is 2.06. The molecule has 1 amide bonds. The molecule has 1 saturated heterocycles. The first-order valence-electron chi connectivity index (χ1n) is 9.47. The zero-order valence-electron chi connectivity index (χ0n) is 18.0. The van der Waals surface area contributed by atoms with Crippen molar-refractivity contribution in [2.24, 2.45) is 0 Å². The molecule has 0 spiro atoms. The van der Waals surface area contributed by atoms with E-state index in [2.05, 4.69) is 15.3 Å². The minimum Gasteiger partial charge on any atom is -0.354 e. The summed E-state index contributed by atoms with van der Waals surface area (Å²) in [6.45, 7) is -10.2. The maximum atomic E-state index is 11.7. The van der Waals surface area contributed by atoms with Gasteiger partial charge in [0.05, 0.1) is 5.48 Å². The highest BCUT2D eigenvalue weighted by Crippen LogP contribution is 2.36. The first-order chi connectivity index (χ1) is 11.7. The summed E-state index contributed by atoms with van der Waals surface area (Å²) >= 11 is 0. The summed E-state index contributed by atoms with van der Waals surface area (Å²) in [4.78, 5) is 19.9. The number of piperazine rings is 1. The van der Waals surface area contributed by atoms with Crippen molar-refractivity contribution in [1.82, 2.24) is 15.3 Å². The molecular weight excluding hydrogens is 266 g/mol. The highest BCUT2D eigenvalue weighted by molar-refractivity contribution is 5.94. The van der Waals surface area contributed by atoms with Crippen molar-refractivity contribution in [2.45, 2.75) is 19.3 Å². The van der Waals surface area contributed by atoms with E-state index in [0.717, 1.165) is 6.33 Å². The molecule has 0 aliphatic carbocycles. The quantitative estimate of drug-likeness (QED) is 0.799. The van der Waals surface area contributed by atoms with Crippen LogP contribution < -0.4 is 15.5 Å². The minimum absolute atomic E-state index is 0. The van der Waals surface area contributed by atoms with E-state index in [0.29, 0.717) is 4.90 Å². The number of anilines is 2. The third-order valence-electron chi connectivity index (χ3n) is 2.78. The molecule has 1 aromatic rings. The van der Waals surface area contributed by atoms with Gasteiger partial charge in [-0.2, -0.15) is 0 Å². The average Bonchev–Trinajstić information content (AvgIpc) is 2.43. The molecule has 1 unspecified atom stereocenters. The fraction of sp³-hybridized carbons (Fsp3) is 0.583. The van der Waals surface area contributed by atoms with E-state index < -0.39 is 31.9 Å². The van der Waals surface area contributed by atoms with Gasteiger partial charge in [-0.15, -0.1) is 12.4 Å². The molecule has 19 heavy (non-hydrogen) atoms. The summed E-state index contributed by atoms with van der Waals surface area (Å²) in [5, 5.41) is 4.27. The van der Waals surface area contributed by atoms with Crippen LogP contribution in [0.15, 0.2) is 6.33 Å². The van der Waals surface area contributed by atoms with Crippen LogP contribution in [0.3, 0.4) is 0 Å². The number of hydrogen-bond donors (Lipinski definition) is 2. The molecule has 2 aliphatic rings. The van der Waals surface area contributed by atoms with Crippen molar-refractivity contribution in [3.63, 3.8) is 0 Å². The number of nitrogens with one attached hydrogen (secondary N) is 2. The minimum atomic E-state index is -2.99. The smallest absolute Gasteiger partial charge is 0.226 e. The van der Waals surface area contributed by atoms with Gasteiger partial charge in [0.15, 0.2) is 0 Å². The molecular formula is C12H18ClN5O. The Bertz CT molecular complexity index is 750. The van der Waals surface area contributed by atoms with Gasteiger partial charge in [0.1, 0.15) is 18.0 Å². The number of nitrogens with zero attached hydrogens (tertiary/aromatic N) is 3. The van der Waals surface area contributed by atoms with Gasteiger partial charge in [0.25, 0.3) is 0 Å². The molecule has 0 aromatic carbocycles. The number of rotatable bonds is 1. The zero-order chi connectivity index (χ0) is 19.7. The normalized spacial score (nSPS) is 39.1. The van der Waals surface area contributed by atoms with Gasteiger partial charge in [-0.25, -0.2) is 9.97 Å². The number of halogens is 1. The lowest BCUT2D eigenvalue weighted by atomic mass is 9.94. The van der Waals surface area contributed by atoms with Crippen molar-refractivity contribution in [1.29, 1.82) is 0 Å². The highest BCUT2D eigenvalue weighted by atomic mass is 35.5. The van der Waals surface area contributed by atoms with E-state index in [9.17, 15) is 4.79 Å². The molecule has 6 nitrogen and oxygen atoms in total. The Morgan fingerprint density at radius 1 is 1.42 bits per heavy atom. The van der Waals surface area contributed by atoms with E-state index in [1.54, 1.807) is 12.2 Å². The lowest BCUT2D eigenvalue weighted by Crippen LogP contribution is -2.44. The molecule has 2 aliphatic heterocycles. The lowest BCUT2D eigenvalue weighted by Gasteiger charge is -2.32. The van der Waals surface area contributed by atoms with E-state index in [-0.39, 0.29) is 41.9 Å². The van der Waals surface area contributed by atoms with E-state index >= 15 is 0 Å². The summed E-state index contributed by atoms with van der Waals surface area (Å²) in [6.07, 6.45) is 1.02. The Balaban J connectivity index is 0.00000261. The van der Waals surface area contributed by atoms with Crippen molar-refractivity contribution in [2.75, 3.05) is 36.2 Å². The van der Waals surface area contributed by atoms with Gasteiger partial charge >= 0.3 is 0 Å². The van der Waals surface area contributed by atoms with Crippen molar-refractivity contribution >= 4 is 29.9 Å². The van der Waals surface area contributed by atoms with Crippen LogP contribution in [0.4, 0.5) is 11.6 Å². The third kappa shape index (κ3) is 2.64. The van der Waals surface area contributed by atoms with E-state index in [1.165, 1.54) is 0 Å². The first kappa shape index (κ1) is 6.85. The van der Waals surface area contributed by atoms with Crippen molar-refractivity contribution in [3.05, 3.63) is 11.9 Å². The predicted molar refractivity (Wildman–Crippen MR) is 76.0 cm³/mol. The van der Waals surface area contributed by atoms with Gasteiger partial charge < -0.3 is 15.5 Å². The number of fused-ring (bicyclic) bond motifs is 1. The zero-order valence-corrected chi connectivity index (χ0v) is 10.8. The second kappa shape index (κ2) is 5.71. The summed E-state index contributed by atoms with van der Waals surface area (Å²) in [7, 11) is 0. The summed E-state index contributed by atoms with van der Waals surface area (Å²) < 4.78 is 64.2. The van der Waals surface area contributed by atoms with Gasteiger partial charge in [0, 0.05) is 43.5 Å². The fourth-order valence-electron chi connectivity index (χ4n) is 2.01. The average molecular weight is 292 g/mol. The number of aromatic nitrogens is 2. The topological polar surface area (TPSA) is 70.1 Å². The van der Waals surface area contributed by atoms with E-state index in [4.69, 9.17) is 11.0 Å². The highest BCUT2D eigenvalue weighted by Gasteiger charge is 2.28. The number of hydrogen-bond acceptors (Lipinski definition) is 5. The van der Waals surface area contributed by atoms with Crippen LogP contribution >= 0.6 is 12.4 Å². The standard InChI is InChI=1S/C12H17N5O.ClH/c1-8-6-9(18)16-11-10(8)12(15-7-14-11)17-4-2-13-3-5-17;/h7-8,13H,2-6H2,1H3,(H,14,15,16,18);1H/i2D2,3D2,4D2,5D2;. The summed E-state index contributed by atoms with van der Waals surface area (Å²) in [5.41, 5.74) is 0.230. The summed E-state index contributed by atoms with van der Waals surface area (Å²) in [6, 6.07) is 0. The molecule has 0 radical (unpaired) electrons. The molecule has 2 N–H and O–H groups in total. The number of carbonyl (C=O) groups is 1. The second-order valence-electron chi connectivity index (χ2n) is 4.05. The molecule has 3 rings (SSSR count). The maximum Gasteiger partial charge on any atom is 0.226 e. The number of amides is 1. The Morgan fingerprint density at radius 3 is 2.89 bits per heavy atom. The van der Waals surface area contributed by atoms with Crippen molar-refractivity contribution < 1.29 is 15.8 Å². The Labute approximate surface area is 129 Å². The Hall–Kier alpha value is -1.40. The second-order valence-corrected chi connectivity index (χ2v) is 4.05. The van der Waals surface area contributed by atoms with Gasteiger partial charge in [-0.05, 0) is 5.92 Å². The van der Waals surface area contributed by atoms with Gasteiger partial charge in [-0.1, -0.05) is 6.92 Å². The van der Waals surface area contributed by atoms with Crippen molar-refractivity contribution in [3.8, 4) is 0 Å². The van der Waals surface area contributed by atoms with Crippen LogP contribution in [-0.4, -0.2) is 41.9 Å². The third-order valence-corrected chi connectivity index (χ3v) is 2.78. The van der Waals surface area contributed by atoms with Gasteiger partial charge in [0.2, 0.25) is 5.91 Å². The predicted octanol–water partition coefficient (Wildman–Crippen LogP) is 0.754. The van der Waals surface area contributed by atoms with Crippen LogP contribution in [0.5, 0.6) is 0 Å². The fourth-order valence-corrected chi connectivity index (χ4v) is 2.01. The largest absolute Gasteiger partial charge is 0.354 e. The maximum absolute atomic E-state index is 11.7. The van der Waals surface area contributed by atoms with Crippen LogP contribution in [-0.2, 0) is 4.79 Å².